The summed E-state index contributed by atoms with van der Waals surface area (Å²) in [5, 5.41) is 2.60. The van der Waals surface area contributed by atoms with Crippen LogP contribution >= 0.6 is 24.0 Å². The number of nitrogens with one attached hydrogen (secondary N) is 1. The summed E-state index contributed by atoms with van der Waals surface area (Å²) in [6.45, 7) is 0. The lowest BCUT2D eigenvalue weighted by molar-refractivity contribution is -0.115. The molecular weight excluding hydrogens is 252 g/mol. The number of carbonyl (C=O) groups is 1. The second-order valence-electron chi connectivity index (χ2n) is 3.84. The van der Waals surface area contributed by atoms with Crippen molar-refractivity contribution in [2.45, 2.75) is 0 Å². The van der Waals surface area contributed by atoms with E-state index in [1.54, 1.807) is 0 Å². The summed E-state index contributed by atoms with van der Waals surface area (Å²) in [6.07, 6.45) is 1.85. The number of anilines is 1. The Morgan fingerprint density at radius 1 is 1.41 bits per heavy atom. The molecule has 1 aliphatic heterocycles. The molecule has 17 heavy (non-hydrogen) atoms. The van der Waals surface area contributed by atoms with Gasteiger partial charge in [-0.15, -0.1) is 0 Å². The quantitative estimate of drug-likeness (QED) is 0.656. The van der Waals surface area contributed by atoms with Crippen LogP contribution in [-0.4, -0.2) is 24.3 Å². The Morgan fingerprint density at radius 3 is 2.76 bits per heavy atom. The van der Waals surface area contributed by atoms with Gasteiger partial charge in [-0.2, -0.15) is 0 Å². The van der Waals surface area contributed by atoms with Gasteiger partial charge >= 0.3 is 0 Å². The fourth-order valence-corrected chi connectivity index (χ4v) is 2.51. The van der Waals surface area contributed by atoms with E-state index in [1.165, 1.54) is 11.8 Å². The minimum Gasteiger partial charge on any atom is -0.378 e. The van der Waals surface area contributed by atoms with Gasteiger partial charge in [0.2, 0.25) is 0 Å². The van der Waals surface area contributed by atoms with E-state index in [0.717, 1.165) is 11.3 Å². The molecule has 0 bridgehead atoms. The molecule has 1 aliphatic rings. The van der Waals surface area contributed by atoms with Crippen LogP contribution in [0.3, 0.4) is 0 Å². The first-order valence-corrected chi connectivity index (χ1v) is 6.31. The Morgan fingerprint density at radius 2 is 2.18 bits per heavy atom. The van der Waals surface area contributed by atoms with Crippen LogP contribution in [0, 0.1) is 0 Å². The van der Waals surface area contributed by atoms with Gasteiger partial charge in [-0.3, -0.25) is 4.79 Å². The molecule has 0 spiro atoms. The molecule has 1 amide bonds. The van der Waals surface area contributed by atoms with Crippen molar-refractivity contribution in [3.05, 3.63) is 34.7 Å². The first kappa shape index (κ1) is 12.1. The standard InChI is InChI=1S/C12H12N2OS2/c1-14(2)9-5-3-4-8(6-9)7-10-11(15)13-12(16)17-10/h3-7H,1-2H3,(H,13,15,16). The number of nitrogens with zero attached hydrogens (tertiary/aromatic N) is 1. The summed E-state index contributed by atoms with van der Waals surface area (Å²) < 4.78 is 0.519. The van der Waals surface area contributed by atoms with Crippen LogP contribution in [-0.2, 0) is 4.79 Å². The lowest BCUT2D eigenvalue weighted by Gasteiger charge is -2.12. The highest BCUT2D eigenvalue weighted by atomic mass is 32.2. The summed E-state index contributed by atoms with van der Waals surface area (Å²) >= 11 is 6.24. The molecule has 0 aliphatic carbocycles. The molecule has 1 saturated heterocycles. The fourth-order valence-electron chi connectivity index (χ4n) is 1.47. The van der Waals surface area contributed by atoms with Crippen molar-refractivity contribution in [2.75, 3.05) is 19.0 Å². The zero-order valence-corrected chi connectivity index (χ0v) is 11.2. The summed E-state index contributed by atoms with van der Waals surface area (Å²) in [5.74, 6) is -0.116. The maximum atomic E-state index is 11.5. The molecule has 0 aromatic heterocycles. The SMILES string of the molecule is CN(C)c1cccc(C=C2SC(=S)NC2=O)c1. The molecule has 2 rings (SSSR count). The van der Waals surface area contributed by atoms with Crippen molar-refractivity contribution in [2.24, 2.45) is 0 Å². The maximum absolute atomic E-state index is 11.5. The third kappa shape index (κ3) is 2.87. The number of rotatable bonds is 2. The van der Waals surface area contributed by atoms with Gasteiger partial charge < -0.3 is 10.2 Å². The van der Waals surface area contributed by atoms with E-state index < -0.39 is 0 Å². The van der Waals surface area contributed by atoms with E-state index in [1.807, 2.05) is 49.3 Å². The monoisotopic (exact) mass is 264 g/mol. The molecule has 0 atom stereocenters. The molecule has 1 aromatic rings. The first-order chi connectivity index (χ1) is 8.06. The Labute approximate surface area is 110 Å². The predicted molar refractivity (Wildman–Crippen MR) is 77.1 cm³/mol. The van der Waals surface area contributed by atoms with Crippen LogP contribution in [0.5, 0.6) is 0 Å². The maximum Gasteiger partial charge on any atom is 0.263 e. The molecule has 5 heteroatoms. The molecule has 1 heterocycles. The van der Waals surface area contributed by atoms with Gasteiger partial charge in [0.1, 0.15) is 4.32 Å². The smallest absolute Gasteiger partial charge is 0.263 e. The molecule has 0 radical (unpaired) electrons. The largest absolute Gasteiger partial charge is 0.378 e. The lowest BCUT2D eigenvalue weighted by atomic mass is 10.2. The average molecular weight is 264 g/mol. The van der Waals surface area contributed by atoms with Gasteiger partial charge in [-0.25, -0.2) is 0 Å². The van der Waals surface area contributed by atoms with Crippen molar-refractivity contribution in [3.8, 4) is 0 Å². The van der Waals surface area contributed by atoms with Crippen molar-refractivity contribution in [1.29, 1.82) is 0 Å². The number of carbonyl (C=O) groups excluding carboxylic acids is 1. The second kappa shape index (κ2) is 4.89. The molecule has 1 fully saturated rings. The predicted octanol–water partition coefficient (Wildman–Crippen LogP) is 2.24. The molecular formula is C12H12N2OS2. The Balaban J connectivity index is 2.29. The molecule has 88 valence electrons. The van der Waals surface area contributed by atoms with Crippen LogP contribution in [0.15, 0.2) is 29.2 Å². The number of hydrogen-bond donors (Lipinski definition) is 1. The highest BCUT2D eigenvalue weighted by molar-refractivity contribution is 8.26. The highest BCUT2D eigenvalue weighted by Gasteiger charge is 2.21. The van der Waals surface area contributed by atoms with Gasteiger partial charge in [0.25, 0.3) is 5.91 Å². The third-order valence-electron chi connectivity index (χ3n) is 2.33. The number of benzene rings is 1. The molecule has 0 saturated carbocycles. The van der Waals surface area contributed by atoms with E-state index in [2.05, 4.69) is 5.32 Å². The van der Waals surface area contributed by atoms with Gasteiger partial charge in [0.15, 0.2) is 0 Å². The van der Waals surface area contributed by atoms with Crippen molar-refractivity contribution in [3.63, 3.8) is 0 Å². The summed E-state index contributed by atoms with van der Waals surface area (Å²) in [5.41, 5.74) is 2.10. The molecule has 1 aromatic carbocycles. The zero-order chi connectivity index (χ0) is 12.4. The van der Waals surface area contributed by atoms with Gasteiger partial charge in [-0.05, 0) is 23.8 Å². The number of thiocarbonyl (C=S) groups is 1. The minimum atomic E-state index is -0.116. The number of hydrogen-bond acceptors (Lipinski definition) is 4. The Kier molecular flexibility index (Phi) is 3.49. The van der Waals surface area contributed by atoms with E-state index in [0.29, 0.717) is 9.23 Å². The van der Waals surface area contributed by atoms with Crippen LogP contribution in [0.2, 0.25) is 0 Å². The van der Waals surface area contributed by atoms with E-state index >= 15 is 0 Å². The Bertz CT molecular complexity index is 509. The Hall–Kier alpha value is -1.33. The number of amides is 1. The molecule has 3 nitrogen and oxygen atoms in total. The van der Waals surface area contributed by atoms with E-state index in [-0.39, 0.29) is 5.91 Å². The second-order valence-corrected chi connectivity index (χ2v) is 5.56. The van der Waals surface area contributed by atoms with Gasteiger partial charge in [0.05, 0.1) is 4.91 Å². The van der Waals surface area contributed by atoms with Gasteiger partial charge in [0, 0.05) is 19.8 Å². The minimum absolute atomic E-state index is 0.116. The number of thioether (sulfide) groups is 1. The van der Waals surface area contributed by atoms with Crippen LogP contribution in [0.4, 0.5) is 5.69 Å². The summed E-state index contributed by atoms with van der Waals surface area (Å²) in [6, 6.07) is 7.99. The van der Waals surface area contributed by atoms with Crippen LogP contribution < -0.4 is 10.2 Å². The highest BCUT2D eigenvalue weighted by Crippen LogP contribution is 2.26. The topological polar surface area (TPSA) is 32.3 Å². The normalized spacial score (nSPS) is 17.4. The average Bonchev–Trinajstić information content (AvgIpc) is 2.58. The molecule has 0 unspecified atom stereocenters. The van der Waals surface area contributed by atoms with E-state index in [4.69, 9.17) is 12.2 Å². The summed E-state index contributed by atoms with van der Waals surface area (Å²) in [4.78, 5) is 14.2. The third-order valence-corrected chi connectivity index (χ3v) is 3.49. The van der Waals surface area contributed by atoms with Crippen LogP contribution in [0.25, 0.3) is 6.08 Å². The summed E-state index contributed by atoms with van der Waals surface area (Å²) in [7, 11) is 3.97. The molecule has 1 N–H and O–H groups in total. The van der Waals surface area contributed by atoms with Crippen molar-refractivity contribution < 1.29 is 4.79 Å². The zero-order valence-electron chi connectivity index (χ0n) is 9.56. The van der Waals surface area contributed by atoms with Crippen molar-refractivity contribution >= 4 is 46.0 Å². The van der Waals surface area contributed by atoms with Crippen LogP contribution in [0.1, 0.15) is 5.56 Å². The first-order valence-electron chi connectivity index (χ1n) is 5.08. The lowest BCUT2D eigenvalue weighted by Crippen LogP contribution is -2.17. The van der Waals surface area contributed by atoms with E-state index in [9.17, 15) is 4.79 Å². The fraction of sp³-hybridized carbons (Fsp3) is 0.167. The van der Waals surface area contributed by atoms with Gasteiger partial charge in [-0.1, -0.05) is 36.1 Å². The van der Waals surface area contributed by atoms with Crippen molar-refractivity contribution in [1.82, 2.24) is 5.32 Å².